The molecule has 1 aromatic rings. The fraction of sp³-hybridized carbons (Fsp3) is 0.611. The summed E-state index contributed by atoms with van der Waals surface area (Å²) in [5.41, 5.74) is 2.26. The van der Waals surface area contributed by atoms with Crippen LogP contribution in [0.4, 0.5) is 0 Å². The summed E-state index contributed by atoms with van der Waals surface area (Å²) in [4.78, 5) is 4.65. The van der Waals surface area contributed by atoms with Crippen molar-refractivity contribution < 1.29 is 14.2 Å². The topological polar surface area (TPSA) is 64.1 Å². The van der Waals surface area contributed by atoms with E-state index in [4.69, 9.17) is 14.2 Å². The van der Waals surface area contributed by atoms with Crippen LogP contribution < -0.4 is 15.4 Å². The Kier molecular flexibility index (Phi) is 7.85. The van der Waals surface area contributed by atoms with E-state index in [1.165, 1.54) is 5.56 Å². The van der Waals surface area contributed by atoms with Gasteiger partial charge in [-0.25, -0.2) is 4.99 Å². The highest BCUT2D eigenvalue weighted by molar-refractivity contribution is 5.79. The van der Waals surface area contributed by atoms with Crippen molar-refractivity contribution in [3.05, 3.63) is 29.3 Å². The maximum absolute atomic E-state index is 6.12. The summed E-state index contributed by atoms with van der Waals surface area (Å²) in [6, 6.07) is 6.26. The van der Waals surface area contributed by atoms with Crippen LogP contribution in [0, 0.1) is 6.92 Å². The molecule has 0 bridgehead atoms. The van der Waals surface area contributed by atoms with Crippen LogP contribution in [-0.2, 0) is 16.0 Å². The Morgan fingerprint density at radius 2 is 2.25 bits per heavy atom. The molecule has 1 heterocycles. The molecule has 0 amide bonds. The standard InChI is InChI=1S/C18H29N3O3/c1-4-19-18(20-8-10-22-3)21-12-15-6-5-14(2)11-17(15)24-16-7-9-23-13-16/h5-6,11,16H,4,7-10,12-13H2,1-3H3,(H2,19,20,21). The maximum atomic E-state index is 6.12. The van der Waals surface area contributed by atoms with Crippen molar-refractivity contribution >= 4 is 5.96 Å². The average molecular weight is 335 g/mol. The molecule has 1 aromatic carbocycles. The number of rotatable bonds is 8. The van der Waals surface area contributed by atoms with E-state index in [1.54, 1.807) is 7.11 Å². The zero-order valence-electron chi connectivity index (χ0n) is 14.9. The zero-order valence-corrected chi connectivity index (χ0v) is 14.9. The molecule has 1 fully saturated rings. The Labute approximate surface area is 144 Å². The Morgan fingerprint density at radius 1 is 1.38 bits per heavy atom. The molecular weight excluding hydrogens is 306 g/mol. The number of benzene rings is 1. The lowest BCUT2D eigenvalue weighted by Gasteiger charge is -2.16. The van der Waals surface area contributed by atoms with Gasteiger partial charge in [0.25, 0.3) is 0 Å². The fourth-order valence-corrected chi connectivity index (χ4v) is 2.46. The first-order valence-electron chi connectivity index (χ1n) is 8.58. The van der Waals surface area contributed by atoms with E-state index in [-0.39, 0.29) is 6.10 Å². The van der Waals surface area contributed by atoms with Gasteiger partial charge in [0, 0.05) is 32.2 Å². The molecule has 2 N–H and O–H groups in total. The molecule has 0 spiro atoms. The summed E-state index contributed by atoms with van der Waals surface area (Å²) in [5.74, 6) is 1.69. The van der Waals surface area contributed by atoms with Gasteiger partial charge in [-0.2, -0.15) is 0 Å². The molecule has 1 unspecified atom stereocenters. The van der Waals surface area contributed by atoms with Crippen LogP contribution in [0.1, 0.15) is 24.5 Å². The van der Waals surface area contributed by atoms with Crippen molar-refractivity contribution in [2.24, 2.45) is 4.99 Å². The van der Waals surface area contributed by atoms with Gasteiger partial charge in [-0.05, 0) is 25.5 Å². The molecule has 0 saturated carbocycles. The third kappa shape index (κ3) is 6.02. The van der Waals surface area contributed by atoms with Crippen LogP contribution in [0.3, 0.4) is 0 Å². The molecule has 0 radical (unpaired) electrons. The van der Waals surface area contributed by atoms with Gasteiger partial charge >= 0.3 is 0 Å². The Balaban J connectivity index is 2.04. The molecule has 2 rings (SSSR count). The summed E-state index contributed by atoms with van der Waals surface area (Å²) in [6.07, 6.45) is 1.08. The SMILES string of the molecule is CCNC(=NCc1ccc(C)cc1OC1CCOC1)NCCOC. The van der Waals surface area contributed by atoms with Gasteiger partial charge in [-0.1, -0.05) is 12.1 Å². The molecule has 6 nitrogen and oxygen atoms in total. The van der Waals surface area contributed by atoms with E-state index >= 15 is 0 Å². The molecule has 1 atom stereocenters. The Hall–Kier alpha value is -1.79. The lowest BCUT2D eigenvalue weighted by Crippen LogP contribution is -2.38. The predicted molar refractivity (Wildman–Crippen MR) is 95.7 cm³/mol. The molecule has 1 aliphatic rings. The van der Waals surface area contributed by atoms with Gasteiger partial charge < -0.3 is 24.8 Å². The maximum Gasteiger partial charge on any atom is 0.191 e. The van der Waals surface area contributed by atoms with E-state index in [2.05, 4.69) is 40.7 Å². The second kappa shape index (κ2) is 10.2. The fourth-order valence-electron chi connectivity index (χ4n) is 2.46. The minimum Gasteiger partial charge on any atom is -0.488 e. The second-order valence-electron chi connectivity index (χ2n) is 5.83. The van der Waals surface area contributed by atoms with Gasteiger partial charge in [-0.15, -0.1) is 0 Å². The molecule has 1 saturated heterocycles. The molecular formula is C18H29N3O3. The second-order valence-corrected chi connectivity index (χ2v) is 5.83. The van der Waals surface area contributed by atoms with Gasteiger partial charge in [-0.3, -0.25) is 0 Å². The van der Waals surface area contributed by atoms with Crippen LogP contribution in [0.2, 0.25) is 0 Å². The summed E-state index contributed by atoms with van der Waals surface area (Å²) in [6.45, 7) is 8.30. The summed E-state index contributed by atoms with van der Waals surface area (Å²) in [7, 11) is 1.69. The van der Waals surface area contributed by atoms with Crippen molar-refractivity contribution in [2.45, 2.75) is 32.9 Å². The largest absolute Gasteiger partial charge is 0.488 e. The van der Waals surface area contributed by atoms with Gasteiger partial charge in [0.15, 0.2) is 5.96 Å². The summed E-state index contributed by atoms with van der Waals surface area (Å²) in [5, 5.41) is 6.49. The minimum atomic E-state index is 0.141. The highest BCUT2D eigenvalue weighted by atomic mass is 16.5. The highest BCUT2D eigenvalue weighted by Gasteiger charge is 2.18. The Bertz CT molecular complexity index is 528. The van der Waals surface area contributed by atoms with Crippen molar-refractivity contribution in [1.29, 1.82) is 0 Å². The quantitative estimate of drug-likeness (QED) is 0.431. The predicted octanol–water partition coefficient (Wildman–Crippen LogP) is 1.86. The molecule has 134 valence electrons. The third-order valence-electron chi connectivity index (χ3n) is 3.75. The number of nitrogens with one attached hydrogen (secondary N) is 2. The monoisotopic (exact) mass is 335 g/mol. The van der Waals surface area contributed by atoms with E-state index in [9.17, 15) is 0 Å². The van der Waals surface area contributed by atoms with E-state index in [1.807, 2.05) is 6.92 Å². The highest BCUT2D eigenvalue weighted by Crippen LogP contribution is 2.24. The summed E-state index contributed by atoms with van der Waals surface area (Å²) < 4.78 is 16.6. The first kappa shape index (κ1) is 18.5. The van der Waals surface area contributed by atoms with Gasteiger partial charge in [0.1, 0.15) is 11.9 Å². The molecule has 24 heavy (non-hydrogen) atoms. The molecule has 0 aromatic heterocycles. The molecule has 1 aliphatic heterocycles. The molecule has 0 aliphatic carbocycles. The van der Waals surface area contributed by atoms with Crippen LogP contribution >= 0.6 is 0 Å². The zero-order chi connectivity index (χ0) is 17.2. The van der Waals surface area contributed by atoms with Crippen molar-refractivity contribution in [1.82, 2.24) is 10.6 Å². The number of ether oxygens (including phenoxy) is 3. The van der Waals surface area contributed by atoms with Crippen LogP contribution in [0.15, 0.2) is 23.2 Å². The average Bonchev–Trinajstić information content (AvgIpc) is 3.07. The number of hydrogen-bond acceptors (Lipinski definition) is 4. The number of nitrogens with zero attached hydrogens (tertiary/aromatic N) is 1. The number of guanidine groups is 1. The number of hydrogen-bond donors (Lipinski definition) is 2. The third-order valence-corrected chi connectivity index (χ3v) is 3.75. The van der Waals surface area contributed by atoms with Crippen molar-refractivity contribution in [3.63, 3.8) is 0 Å². The number of aliphatic imine (C=N–C) groups is 1. The Morgan fingerprint density at radius 3 is 2.96 bits per heavy atom. The first-order chi connectivity index (χ1) is 11.7. The lowest BCUT2D eigenvalue weighted by atomic mass is 10.1. The van der Waals surface area contributed by atoms with E-state index in [0.29, 0.717) is 19.8 Å². The molecule has 6 heteroatoms. The smallest absolute Gasteiger partial charge is 0.191 e. The van der Waals surface area contributed by atoms with Crippen LogP contribution in [0.5, 0.6) is 5.75 Å². The van der Waals surface area contributed by atoms with Crippen molar-refractivity contribution in [2.75, 3.05) is 40.0 Å². The van der Waals surface area contributed by atoms with E-state index < -0.39 is 0 Å². The number of methoxy groups -OCH3 is 1. The van der Waals surface area contributed by atoms with Gasteiger partial charge in [0.2, 0.25) is 0 Å². The minimum absolute atomic E-state index is 0.141. The normalized spacial score (nSPS) is 17.8. The van der Waals surface area contributed by atoms with Crippen molar-refractivity contribution in [3.8, 4) is 5.75 Å². The lowest BCUT2D eigenvalue weighted by molar-refractivity contribution is 0.140. The van der Waals surface area contributed by atoms with Crippen LogP contribution in [0.25, 0.3) is 0 Å². The van der Waals surface area contributed by atoms with E-state index in [0.717, 1.165) is 43.4 Å². The number of aryl methyl sites for hydroxylation is 1. The van der Waals surface area contributed by atoms with Crippen LogP contribution in [-0.4, -0.2) is 52.1 Å². The first-order valence-corrected chi connectivity index (χ1v) is 8.58. The van der Waals surface area contributed by atoms with Gasteiger partial charge in [0.05, 0.1) is 26.4 Å². The summed E-state index contributed by atoms with van der Waals surface area (Å²) >= 11 is 0.